The first-order chi connectivity index (χ1) is 8.09. The van der Waals surface area contributed by atoms with Gasteiger partial charge >= 0.3 is 0 Å². The van der Waals surface area contributed by atoms with Crippen LogP contribution in [0, 0.1) is 5.41 Å². The average molecular weight is 237 g/mol. The summed E-state index contributed by atoms with van der Waals surface area (Å²) in [6.45, 7) is 7.13. The molecule has 2 N–H and O–H groups in total. The van der Waals surface area contributed by atoms with E-state index < -0.39 is 0 Å². The number of nitrogens with zero attached hydrogens (tertiary/aromatic N) is 2. The fourth-order valence-electron chi connectivity index (χ4n) is 2.01. The van der Waals surface area contributed by atoms with Gasteiger partial charge in [0.2, 0.25) is 0 Å². The molecule has 0 radical (unpaired) electrons. The standard InChI is InChI=1S/C12H19N3O2/c1-9(2)11-7-10(8-12(13)15(11)16)14-3-5-17-6-4-14/h7-9,13,16H,3-6H2,1-2H3. The second-order valence-electron chi connectivity index (χ2n) is 4.59. The van der Waals surface area contributed by atoms with Gasteiger partial charge in [-0.05, 0) is 12.0 Å². The van der Waals surface area contributed by atoms with Crippen LogP contribution in [0.3, 0.4) is 0 Å². The van der Waals surface area contributed by atoms with Gasteiger partial charge in [0.15, 0.2) is 5.49 Å². The molecule has 0 aliphatic carbocycles. The van der Waals surface area contributed by atoms with Gasteiger partial charge < -0.3 is 14.8 Å². The van der Waals surface area contributed by atoms with E-state index in [9.17, 15) is 5.21 Å². The highest BCUT2D eigenvalue weighted by atomic mass is 16.5. The maximum Gasteiger partial charge on any atom is 0.162 e. The van der Waals surface area contributed by atoms with Crippen molar-refractivity contribution in [3.05, 3.63) is 23.3 Å². The van der Waals surface area contributed by atoms with Crippen LogP contribution in [0.2, 0.25) is 0 Å². The lowest BCUT2D eigenvalue weighted by molar-refractivity contribution is 0.122. The predicted molar refractivity (Wildman–Crippen MR) is 64.6 cm³/mol. The number of hydrogen-bond donors (Lipinski definition) is 2. The quantitative estimate of drug-likeness (QED) is 0.759. The molecule has 17 heavy (non-hydrogen) atoms. The summed E-state index contributed by atoms with van der Waals surface area (Å²) in [6.07, 6.45) is 0. The van der Waals surface area contributed by atoms with Gasteiger partial charge in [0.1, 0.15) is 0 Å². The third kappa shape index (κ3) is 2.44. The molecule has 2 heterocycles. The Morgan fingerprint density at radius 3 is 2.53 bits per heavy atom. The number of pyridine rings is 1. The van der Waals surface area contributed by atoms with Crippen molar-refractivity contribution >= 4 is 5.69 Å². The third-order valence-corrected chi connectivity index (χ3v) is 3.02. The molecule has 0 atom stereocenters. The Bertz CT molecular complexity index is 448. The molecule has 1 aliphatic rings. The van der Waals surface area contributed by atoms with Crippen molar-refractivity contribution < 1.29 is 9.94 Å². The van der Waals surface area contributed by atoms with Crippen molar-refractivity contribution in [1.29, 1.82) is 5.41 Å². The summed E-state index contributed by atoms with van der Waals surface area (Å²) in [5.74, 6) is 0.185. The molecule has 5 nitrogen and oxygen atoms in total. The van der Waals surface area contributed by atoms with Gasteiger partial charge in [-0.25, -0.2) is 0 Å². The lowest BCUT2D eigenvalue weighted by Crippen LogP contribution is -2.37. The summed E-state index contributed by atoms with van der Waals surface area (Å²) in [4.78, 5) is 2.19. The number of anilines is 1. The number of ether oxygens (including phenoxy) is 1. The van der Waals surface area contributed by atoms with E-state index in [-0.39, 0.29) is 11.4 Å². The zero-order chi connectivity index (χ0) is 12.4. The molecule has 1 aromatic heterocycles. The van der Waals surface area contributed by atoms with E-state index in [1.807, 2.05) is 19.9 Å². The minimum Gasteiger partial charge on any atom is -0.427 e. The number of nitrogens with one attached hydrogen (secondary N) is 1. The van der Waals surface area contributed by atoms with Gasteiger partial charge in [0, 0.05) is 24.8 Å². The second-order valence-corrected chi connectivity index (χ2v) is 4.59. The molecular formula is C12H19N3O2. The maximum atomic E-state index is 9.78. The Hall–Kier alpha value is -1.49. The Morgan fingerprint density at radius 2 is 1.94 bits per heavy atom. The highest BCUT2D eigenvalue weighted by Gasteiger charge is 2.14. The highest BCUT2D eigenvalue weighted by Crippen LogP contribution is 2.19. The van der Waals surface area contributed by atoms with Crippen molar-refractivity contribution in [1.82, 2.24) is 4.73 Å². The Balaban J connectivity index is 2.37. The van der Waals surface area contributed by atoms with Crippen LogP contribution in [0.5, 0.6) is 0 Å². The third-order valence-electron chi connectivity index (χ3n) is 3.02. The smallest absolute Gasteiger partial charge is 0.162 e. The Morgan fingerprint density at radius 1 is 1.29 bits per heavy atom. The topological polar surface area (TPSA) is 61.5 Å². The van der Waals surface area contributed by atoms with E-state index >= 15 is 0 Å². The van der Waals surface area contributed by atoms with E-state index in [1.54, 1.807) is 6.07 Å². The molecule has 0 aromatic carbocycles. The monoisotopic (exact) mass is 237 g/mol. The zero-order valence-electron chi connectivity index (χ0n) is 10.3. The average Bonchev–Trinajstić information content (AvgIpc) is 2.33. The summed E-state index contributed by atoms with van der Waals surface area (Å²) in [5, 5.41) is 17.5. The molecule has 5 heteroatoms. The number of aromatic nitrogens is 1. The molecule has 1 fully saturated rings. The van der Waals surface area contributed by atoms with Gasteiger partial charge in [-0.3, -0.25) is 5.41 Å². The molecule has 1 saturated heterocycles. The van der Waals surface area contributed by atoms with Crippen molar-refractivity contribution in [2.24, 2.45) is 0 Å². The molecule has 94 valence electrons. The van der Waals surface area contributed by atoms with E-state index in [0.717, 1.165) is 42.4 Å². The van der Waals surface area contributed by atoms with Crippen LogP contribution in [-0.4, -0.2) is 36.2 Å². The number of morpholine rings is 1. The molecule has 0 amide bonds. The number of hydrogen-bond acceptors (Lipinski definition) is 4. The zero-order valence-corrected chi connectivity index (χ0v) is 10.3. The minimum atomic E-state index is 0.123. The van der Waals surface area contributed by atoms with Crippen molar-refractivity contribution in [3.8, 4) is 0 Å². The summed E-state index contributed by atoms with van der Waals surface area (Å²) in [6, 6.07) is 3.64. The van der Waals surface area contributed by atoms with Crippen LogP contribution in [0.25, 0.3) is 0 Å². The van der Waals surface area contributed by atoms with E-state index in [1.165, 1.54) is 0 Å². The van der Waals surface area contributed by atoms with Gasteiger partial charge in [-0.1, -0.05) is 13.8 Å². The molecule has 1 aromatic rings. The lowest BCUT2D eigenvalue weighted by Gasteiger charge is -2.29. The van der Waals surface area contributed by atoms with E-state index in [2.05, 4.69) is 4.90 Å². The first kappa shape index (κ1) is 12.0. The van der Waals surface area contributed by atoms with Gasteiger partial charge in [0.25, 0.3) is 0 Å². The van der Waals surface area contributed by atoms with Crippen LogP contribution in [-0.2, 0) is 4.74 Å². The van der Waals surface area contributed by atoms with Crippen molar-refractivity contribution in [2.75, 3.05) is 31.2 Å². The van der Waals surface area contributed by atoms with Gasteiger partial charge in [-0.15, -0.1) is 0 Å². The summed E-state index contributed by atoms with van der Waals surface area (Å²) >= 11 is 0. The summed E-state index contributed by atoms with van der Waals surface area (Å²) in [7, 11) is 0. The van der Waals surface area contributed by atoms with Crippen LogP contribution in [0.1, 0.15) is 25.5 Å². The van der Waals surface area contributed by atoms with E-state index in [4.69, 9.17) is 10.1 Å². The Kier molecular flexibility index (Phi) is 3.38. The van der Waals surface area contributed by atoms with Gasteiger partial charge in [-0.2, -0.15) is 4.73 Å². The molecule has 0 unspecified atom stereocenters. The maximum absolute atomic E-state index is 9.78. The molecule has 0 spiro atoms. The second kappa shape index (κ2) is 4.79. The van der Waals surface area contributed by atoms with Crippen LogP contribution in [0.15, 0.2) is 12.1 Å². The normalized spacial score (nSPS) is 16.5. The van der Waals surface area contributed by atoms with E-state index in [0.29, 0.717) is 0 Å². The van der Waals surface area contributed by atoms with Crippen LogP contribution < -0.4 is 10.4 Å². The largest absolute Gasteiger partial charge is 0.427 e. The SMILES string of the molecule is CC(C)c1cc(N2CCOCC2)cc(=N)n1O. The first-order valence-electron chi connectivity index (χ1n) is 5.93. The fraction of sp³-hybridized carbons (Fsp3) is 0.583. The molecule has 1 aliphatic heterocycles. The number of rotatable bonds is 2. The summed E-state index contributed by atoms with van der Waals surface area (Å²) in [5.41, 5.74) is 1.88. The predicted octanol–water partition coefficient (Wildman–Crippen LogP) is 1.16. The Labute approximate surface area is 101 Å². The fourth-order valence-corrected chi connectivity index (χ4v) is 2.01. The van der Waals surface area contributed by atoms with Crippen molar-refractivity contribution in [3.63, 3.8) is 0 Å². The molecule has 0 bridgehead atoms. The minimum absolute atomic E-state index is 0.123. The van der Waals surface area contributed by atoms with Gasteiger partial charge in [0.05, 0.1) is 18.9 Å². The molecule has 0 saturated carbocycles. The molecule has 2 rings (SSSR count). The highest BCUT2D eigenvalue weighted by molar-refractivity contribution is 5.47. The lowest BCUT2D eigenvalue weighted by atomic mass is 10.1. The summed E-state index contributed by atoms with van der Waals surface area (Å²) < 4.78 is 6.26. The van der Waals surface area contributed by atoms with Crippen LogP contribution in [0.4, 0.5) is 5.69 Å². The van der Waals surface area contributed by atoms with Crippen molar-refractivity contribution in [2.45, 2.75) is 19.8 Å². The van der Waals surface area contributed by atoms with Crippen LogP contribution >= 0.6 is 0 Å². The first-order valence-corrected chi connectivity index (χ1v) is 5.93. The molecular weight excluding hydrogens is 218 g/mol.